The second kappa shape index (κ2) is 9.14. The Morgan fingerprint density at radius 1 is 1.27 bits per heavy atom. The molecule has 1 aliphatic carbocycles. The van der Waals surface area contributed by atoms with Gasteiger partial charge in [-0.15, -0.1) is 0 Å². The van der Waals surface area contributed by atoms with Crippen LogP contribution < -0.4 is 20.7 Å². The van der Waals surface area contributed by atoms with Crippen molar-refractivity contribution < 1.29 is 19.0 Å². The maximum absolute atomic E-state index is 14.1. The third kappa shape index (κ3) is 5.46. The fourth-order valence-corrected chi connectivity index (χ4v) is 3.22. The molecular weight excluding hydrogens is 427 g/mol. The second-order valence-electron chi connectivity index (χ2n) is 8.60. The summed E-state index contributed by atoms with van der Waals surface area (Å²) in [7, 11) is 1.55. The van der Waals surface area contributed by atoms with Crippen LogP contribution in [0.4, 0.5) is 21.6 Å². The van der Waals surface area contributed by atoms with Crippen molar-refractivity contribution in [3.8, 4) is 5.88 Å². The van der Waals surface area contributed by atoms with E-state index in [1.54, 1.807) is 13.2 Å². The van der Waals surface area contributed by atoms with E-state index in [1.807, 2.05) is 18.2 Å². The summed E-state index contributed by atoms with van der Waals surface area (Å²) in [6.45, 7) is 2.42. The van der Waals surface area contributed by atoms with Crippen LogP contribution in [-0.2, 0) is 0 Å². The number of carbonyl (C=O) groups excluding carboxylic acids is 1. The molecule has 0 spiro atoms. The topological polar surface area (TPSA) is 121 Å². The van der Waals surface area contributed by atoms with Gasteiger partial charge in [0.1, 0.15) is 18.3 Å². The highest BCUT2D eigenvalue weighted by atomic mass is 19.1. The van der Waals surface area contributed by atoms with E-state index in [1.165, 1.54) is 26.4 Å². The van der Waals surface area contributed by atoms with Crippen LogP contribution in [0.1, 0.15) is 37.0 Å². The zero-order valence-corrected chi connectivity index (χ0v) is 18.7. The van der Waals surface area contributed by atoms with Gasteiger partial charge in [0.25, 0.3) is 5.91 Å². The molecule has 1 atom stereocenters. The van der Waals surface area contributed by atoms with Crippen molar-refractivity contribution in [2.45, 2.75) is 44.5 Å². The molecule has 0 aliphatic heterocycles. The zero-order valence-electron chi connectivity index (χ0n) is 18.7. The zero-order chi connectivity index (χ0) is 23.6. The first kappa shape index (κ1) is 22.7. The number of aromatic nitrogens is 3. The number of fused-ring (bicyclic) bond motifs is 1. The summed E-state index contributed by atoms with van der Waals surface area (Å²) < 4.78 is 19.4. The first-order chi connectivity index (χ1) is 15.7. The number of ether oxygens (including phenoxy) is 1. The molecule has 3 aromatic rings. The molecule has 4 N–H and O–H groups in total. The highest BCUT2D eigenvalue weighted by Crippen LogP contribution is 2.30. The monoisotopic (exact) mass is 454 g/mol. The number of benzene rings is 1. The smallest absolute Gasteiger partial charge is 0.255 e. The number of pyridine rings is 1. The lowest BCUT2D eigenvalue weighted by molar-refractivity contribution is -0.00177. The minimum atomic E-state index is -1.59. The quantitative estimate of drug-likeness (QED) is 0.389. The van der Waals surface area contributed by atoms with E-state index in [9.17, 15) is 14.3 Å². The van der Waals surface area contributed by atoms with Crippen LogP contribution in [0.2, 0.25) is 0 Å². The van der Waals surface area contributed by atoms with Gasteiger partial charge in [-0.2, -0.15) is 0 Å². The average Bonchev–Trinajstić information content (AvgIpc) is 3.60. The molecule has 1 amide bonds. The number of halogens is 1. The highest BCUT2D eigenvalue weighted by molar-refractivity contribution is 6.00. The maximum atomic E-state index is 14.1. The van der Waals surface area contributed by atoms with Gasteiger partial charge in [-0.05, 0) is 44.9 Å². The average molecular weight is 455 g/mol. The van der Waals surface area contributed by atoms with E-state index >= 15 is 0 Å². The van der Waals surface area contributed by atoms with E-state index in [0.29, 0.717) is 29.0 Å². The maximum Gasteiger partial charge on any atom is 0.255 e. The summed E-state index contributed by atoms with van der Waals surface area (Å²) in [6, 6.07) is 7.62. The highest BCUT2D eigenvalue weighted by Gasteiger charge is 2.28. The lowest BCUT2D eigenvalue weighted by atomic mass is 10.0. The van der Waals surface area contributed by atoms with Crippen LogP contribution in [0, 0.1) is 0 Å². The number of nitrogens with zero attached hydrogens (tertiary/aromatic N) is 3. The van der Waals surface area contributed by atoms with Gasteiger partial charge in [0.15, 0.2) is 0 Å². The molecule has 9 nitrogen and oxygen atoms in total. The number of methoxy groups -OCH3 is 1. The normalized spacial score (nSPS) is 14.6. The molecule has 0 radical (unpaired) electrons. The summed E-state index contributed by atoms with van der Waals surface area (Å²) in [4.78, 5) is 25.4. The number of carbonyl (C=O) groups is 1. The molecule has 1 aliphatic rings. The second-order valence-corrected chi connectivity index (χ2v) is 8.60. The fraction of sp³-hybridized carbons (Fsp3) is 0.391. The van der Waals surface area contributed by atoms with Crippen LogP contribution in [0.3, 0.4) is 0 Å². The van der Waals surface area contributed by atoms with Gasteiger partial charge >= 0.3 is 0 Å². The minimum Gasteiger partial charge on any atom is -0.480 e. The van der Waals surface area contributed by atoms with E-state index in [0.717, 1.165) is 29.4 Å². The van der Waals surface area contributed by atoms with Gasteiger partial charge < -0.3 is 25.8 Å². The van der Waals surface area contributed by atoms with Gasteiger partial charge in [-0.3, -0.25) is 4.79 Å². The van der Waals surface area contributed by atoms with Gasteiger partial charge in [0, 0.05) is 24.0 Å². The van der Waals surface area contributed by atoms with E-state index in [-0.39, 0.29) is 6.54 Å². The van der Waals surface area contributed by atoms with Crippen molar-refractivity contribution in [1.29, 1.82) is 0 Å². The Morgan fingerprint density at radius 3 is 2.76 bits per heavy atom. The molecular formula is C23H27FN6O3. The molecule has 1 fully saturated rings. The van der Waals surface area contributed by atoms with Crippen LogP contribution in [0.25, 0.3) is 10.9 Å². The van der Waals surface area contributed by atoms with Crippen molar-refractivity contribution in [2.75, 3.05) is 24.3 Å². The number of amides is 1. The Bertz CT molecular complexity index is 1160. The van der Waals surface area contributed by atoms with Gasteiger partial charge in [0.05, 0.1) is 41.4 Å². The van der Waals surface area contributed by atoms with Crippen molar-refractivity contribution in [3.63, 3.8) is 0 Å². The number of nitrogens with one attached hydrogen (secondary N) is 3. The Balaban J connectivity index is 1.55. The molecule has 33 heavy (non-hydrogen) atoms. The predicted molar refractivity (Wildman–Crippen MR) is 124 cm³/mol. The molecule has 10 heteroatoms. The molecule has 1 aromatic carbocycles. The van der Waals surface area contributed by atoms with Crippen LogP contribution in [0.5, 0.6) is 5.88 Å². The summed E-state index contributed by atoms with van der Waals surface area (Å²) >= 11 is 0. The minimum absolute atomic E-state index is 0.291. The van der Waals surface area contributed by atoms with Crippen LogP contribution in [-0.4, -0.2) is 57.4 Å². The number of hydrogen-bond donors (Lipinski definition) is 4. The Hall–Kier alpha value is -3.53. The Kier molecular flexibility index (Phi) is 6.28. The van der Waals surface area contributed by atoms with Crippen molar-refractivity contribution in [3.05, 3.63) is 42.4 Å². The summed E-state index contributed by atoms with van der Waals surface area (Å²) in [5, 5.41) is 19.6. The summed E-state index contributed by atoms with van der Waals surface area (Å²) in [5.74, 6) is 0.540. The van der Waals surface area contributed by atoms with Crippen molar-refractivity contribution in [2.24, 2.45) is 0 Å². The summed E-state index contributed by atoms with van der Waals surface area (Å²) in [6.07, 6.45) is 3.33. The molecule has 2 heterocycles. The Labute approximate surface area is 190 Å². The van der Waals surface area contributed by atoms with Crippen LogP contribution >= 0.6 is 0 Å². The van der Waals surface area contributed by atoms with Crippen LogP contribution in [0.15, 0.2) is 36.8 Å². The fourth-order valence-electron chi connectivity index (χ4n) is 3.22. The van der Waals surface area contributed by atoms with E-state index in [4.69, 9.17) is 4.74 Å². The molecule has 4 rings (SSSR count). The molecule has 2 aromatic heterocycles. The van der Waals surface area contributed by atoms with Crippen molar-refractivity contribution in [1.82, 2.24) is 20.3 Å². The lowest BCUT2D eigenvalue weighted by Gasteiger charge is -2.22. The lowest BCUT2D eigenvalue weighted by Crippen LogP contribution is -2.42. The molecule has 1 saturated carbocycles. The van der Waals surface area contributed by atoms with Gasteiger partial charge in [0.2, 0.25) is 5.88 Å². The first-order valence-corrected chi connectivity index (χ1v) is 10.7. The number of anilines is 3. The molecule has 0 saturated heterocycles. The number of aliphatic hydroxyl groups is 1. The molecule has 0 unspecified atom stereocenters. The van der Waals surface area contributed by atoms with E-state index in [2.05, 4.69) is 30.9 Å². The number of alkyl halides is 1. The first-order valence-electron chi connectivity index (χ1n) is 10.7. The Morgan fingerprint density at radius 2 is 2.06 bits per heavy atom. The predicted octanol–water partition coefficient (Wildman–Crippen LogP) is 3.19. The number of rotatable bonds is 9. The molecule has 0 bridgehead atoms. The largest absolute Gasteiger partial charge is 0.480 e. The third-order valence-electron chi connectivity index (χ3n) is 5.36. The SMILES string of the molecule is COc1ncnc2ccc(Nc3cc(NC4CC4)c(C(=O)NC[C@@H](F)C(C)(C)O)cn3)cc12. The van der Waals surface area contributed by atoms with Gasteiger partial charge in [-0.1, -0.05) is 0 Å². The summed E-state index contributed by atoms with van der Waals surface area (Å²) in [5.41, 5.74) is 0.878. The third-order valence-corrected chi connectivity index (χ3v) is 5.36. The van der Waals surface area contributed by atoms with Gasteiger partial charge in [-0.25, -0.2) is 19.3 Å². The van der Waals surface area contributed by atoms with Crippen molar-refractivity contribution >= 4 is 34.0 Å². The number of hydrogen-bond acceptors (Lipinski definition) is 8. The molecule has 174 valence electrons. The van der Waals surface area contributed by atoms with E-state index < -0.39 is 17.7 Å². The standard InChI is InChI=1S/C23H27FN6O3/c1-23(2,32)19(24)11-26-21(31)16-10-25-20(9-18(16)29-13-4-5-13)30-14-6-7-17-15(8-14)22(33-3)28-12-27-17/h6-10,12-13,19,32H,4-5,11H2,1-3H3,(H,26,31)(H2,25,29,30)/t19-/m1/s1.